The van der Waals surface area contributed by atoms with Gasteiger partial charge in [-0.3, -0.25) is 4.79 Å². The lowest BCUT2D eigenvalue weighted by atomic mass is 9.80. The predicted octanol–water partition coefficient (Wildman–Crippen LogP) is 0.285. The largest absolute Gasteiger partial charge is 0.488 e. The number of carbonyl (C=O) groups excluding carboxylic acids is 1. The maximum Gasteiger partial charge on any atom is 0.488 e. The van der Waals surface area contributed by atoms with Gasteiger partial charge < -0.3 is 15.4 Å². The minimum atomic E-state index is -1.49. The molecule has 1 aromatic rings. The Bertz CT molecular complexity index is 365. The van der Waals surface area contributed by atoms with Crippen LogP contribution in [0, 0.1) is 0 Å². The molecule has 1 rings (SSSR count). The van der Waals surface area contributed by atoms with Crippen LogP contribution in [0.5, 0.6) is 0 Å². The second-order valence-electron chi connectivity index (χ2n) is 4.16. The first-order valence-corrected chi connectivity index (χ1v) is 5.81. The van der Waals surface area contributed by atoms with Gasteiger partial charge in [-0.25, -0.2) is 0 Å². The summed E-state index contributed by atoms with van der Waals surface area (Å²) < 4.78 is 0. The minimum Gasteiger partial charge on any atom is -0.423 e. The van der Waals surface area contributed by atoms with Crippen LogP contribution in [0.25, 0.3) is 0 Å². The van der Waals surface area contributed by atoms with Crippen molar-refractivity contribution < 1.29 is 14.8 Å². The third-order valence-corrected chi connectivity index (χ3v) is 2.57. The fraction of sp³-hybridized carbons (Fsp3) is 0.417. The smallest absolute Gasteiger partial charge is 0.423 e. The molecule has 0 fully saturated rings. The van der Waals surface area contributed by atoms with Gasteiger partial charge in [0.2, 0.25) is 0 Å². The molecule has 1 atom stereocenters. The first-order chi connectivity index (χ1) is 8.04. The summed E-state index contributed by atoms with van der Waals surface area (Å²) in [5.74, 6) is -0.134. The molecule has 4 nitrogen and oxygen atoms in total. The minimum absolute atomic E-state index is 0.134. The van der Waals surface area contributed by atoms with Gasteiger partial charge in [0.25, 0.3) is 5.91 Å². The maximum atomic E-state index is 11.8. The second kappa shape index (κ2) is 6.42. The Morgan fingerprint density at radius 3 is 2.41 bits per heavy atom. The van der Waals surface area contributed by atoms with Crippen LogP contribution >= 0.6 is 0 Å². The Hall–Kier alpha value is -1.33. The fourth-order valence-corrected chi connectivity index (χ4v) is 1.62. The number of hydrogen-bond acceptors (Lipinski definition) is 3. The summed E-state index contributed by atoms with van der Waals surface area (Å²) >= 11 is 0. The van der Waals surface area contributed by atoms with Gasteiger partial charge >= 0.3 is 7.12 Å². The van der Waals surface area contributed by atoms with E-state index in [0.29, 0.717) is 11.0 Å². The van der Waals surface area contributed by atoms with Crippen molar-refractivity contribution in [2.75, 3.05) is 0 Å². The van der Waals surface area contributed by atoms with Crippen molar-refractivity contribution >= 4 is 18.5 Å². The monoisotopic (exact) mass is 235 g/mol. The first kappa shape index (κ1) is 13.7. The van der Waals surface area contributed by atoms with Crippen molar-refractivity contribution in [2.24, 2.45) is 0 Å². The molecule has 0 heterocycles. The van der Waals surface area contributed by atoms with Crippen molar-refractivity contribution in [2.45, 2.75) is 32.7 Å². The average molecular weight is 235 g/mol. The molecule has 3 N–H and O–H groups in total. The van der Waals surface area contributed by atoms with E-state index in [2.05, 4.69) is 12.2 Å². The van der Waals surface area contributed by atoms with Gasteiger partial charge in [-0.2, -0.15) is 0 Å². The van der Waals surface area contributed by atoms with Crippen molar-refractivity contribution in [3.63, 3.8) is 0 Å². The van der Waals surface area contributed by atoms with E-state index in [0.717, 1.165) is 12.8 Å². The van der Waals surface area contributed by atoms with Gasteiger partial charge in [0, 0.05) is 11.6 Å². The Balaban J connectivity index is 2.63. The van der Waals surface area contributed by atoms with Crippen LogP contribution in [-0.2, 0) is 0 Å². The lowest BCUT2D eigenvalue weighted by Gasteiger charge is -2.12. The van der Waals surface area contributed by atoms with Crippen LogP contribution in [-0.4, -0.2) is 29.1 Å². The van der Waals surface area contributed by atoms with Crippen molar-refractivity contribution in [3.05, 3.63) is 29.8 Å². The number of benzene rings is 1. The Kier molecular flexibility index (Phi) is 5.19. The quantitative estimate of drug-likeness (QED) is 0.642. The highest BCUT2D eigenvalue weighted by atomic mass is 16.4. The summed E-state index contributed by atoms with van der Waals surface area (Å²) in [6, 6.07) is 6.38. The van der Waals surface area contributed by atoms with E-state index in [4.69, 9.17) is 10.0 Å². The highest BCUT2D eigenvalue weighted by molar-refractivity contribution is 6.58. The molecule has 0 saturated carbocycles. The fourth-order valence-electron chi connectivity index (χ4n) is 1.62. The molecule has 0 radical (unpaired) electrons. The topological polar surface area (TPSA) is 69.6 Å². The van der Waals surface area contributed by atoms with E-state index < -0.39 is 7.12 Å². The summed E-state index contributed by atoms with van der Waals surface area (Å²) in [5.41, 5.74) is 0.903. The molecular weight excluding hydrogens is 217 g/mol. The molecule has 0 aliphatic carbocycles. The lowest BCUT2D eigenvalue weighted by Crippen LogP contribution is -2.33. The zero-order valence-corrected chi connectivity index (χ0v) is 10.2. The van der Waals surface area contributed by atoms with Gasteiger partial charge in [0.05, 0.1) is 0 Å². The van der Waals surface area contributed by atoms with Gasteiger partial charge in [-0.1, -0.05) is 25.5 Å². The molecule has 1 unspecified atom stereocenters. The molecule has 1 amide bonds. The van der Waals surface area contributed by atoms with Crippen LogP contribution in [0.15, 0.2) is 24.3 Å². The highest BCUT2D eigenvalue weighted by Gasteiger charge is 2.13. The Labute approximate surface area is 102 Å². The standard InChI is InChI=1S/C12H18BNO3/c1-3-4-9(2)14-12(15)10-5-7-11(8-6-10)13(16)17/h5-9,16-17H,3-4H2,1-2H3,(H,14,15). The third kappa shape index (κ3) is 4.21. The summed E-state index contributed by atoms with van der Waals surface area (Å²) in [7, 11) is -1.49. The summed E-state index contributed by atoms with van der Waals surface area (Å²) in [4.78, 5) is 11.8. The Morgan fingerprint density at radius 1 is 1.35 bits per heavy atom. The maximum absolute atomic E-state index is 11.8. The molecule has 0 saturated heterocycles. The lowest BCUT2D eigenvalue weighted by molar-refractivity contribution is 0.0938. The van der Waals surface area contributed by atoms with E-state index in [1.807, 2.05) is 6.92 Å². The normalized spacial score (nSPS) is 12.0. The molecule has 0 aliphatic rings. The summed E-state index contributed by atoms with van der Waals surface area (Å²) in [6.45, 7) is 4.04. The number of amides is 1. The van der Waals surface area contributed by atoms with E-state index in [-0.39, 0.29) is 11.9 Å². The molecule has 17 heavy (non-hydrogen) atoms. The SMILES string of the molecule is CCCC(C)NC(=O)c1ccc(B(O)O)cc1. The highest BCUT2D eigenvalue weighted by Crippen LogP contribution is 2.01. The second-order valence-corrected chi connectivity index (χ2v) is 4.16. The number of hydrogen-bond donors (Lipinski definition) is 3. The predicted molar refractivity (Wildman–Crippen MR) is 68.1 cm³/mol. The summed E-state index contributed by atoms with van der Waals surface area (Å²) in [5, 5.41) is 20.7. The number of nitrogens with one attached hydrogen (secondary N) is 1. The van der Waals surface area contributed by atoms with Crippen LogP contribution in [0.3, 0.4) is 0 Å². The zero-order valence-electron chi connectivity index (χ0n) is 10.2. The van der Waals surface area contributed by atoms with Gasteiger partial charge in [0.15, 0.2) is 0 Å². The molecular formula is C12H18BNO3. The van der Waals surface area contributed by atoms with Crippen LogP contribution < -0.4 is 10.8 Å². The first-order valence-electron chi connectivity index (χ1n) is 5.81. The zero-order chi connectivity index (χ0) is 12.8. The third-order valence-electron chi connectivity index (χ3n) is 2.57. The molecule has 5 heteroatoms. The van der Waals surface area contributed by atoms with E-state index in [1.54, 1.807) is 12.1 Å². The molecule has 92 valence electrons. The van der Waals surface area contributed by atoms with Crippen molar-refractivity contribution in [1.82, 2.24) is 5.32 Å². The average Bonchev–Trinajstić information content (AvgIpc) is 2.29. The summed E-state index contributed by atoms with van der Waals surface area (Å²) in [6.07, 6.45) is 1.97. The van der Waals surface area contributed by atoms with Crippen LogP contribution in [0.4, 0.5) is 0 Å². The molecule has 0 aromatic heterocycles. The van der Waals surface area contributed by atoms with Crippen LogP contribution in [0.1, 0.15) is 37.0 Å². The van der Waals surface area contributed by atoms with Crippen LogP contribution in [0.2, 0.25) is 0 Å². The van der Waals surface area contributed by atoms with Gasteiger partial charge in [0.1, 0.15) is 0 Å². The molecule has 1 aromatic carbocycles. The van der Waals surface area contributed by atoms with Crippen molar-refractivity contribution in [3.8, 4) is 0 Å². The number of rotatable bonds is 5. The van der Waals surface area contributed by atoms with E-state index in [9.17, 15) is 4.79 Å². The molecule has 0 aliphatic heterocycles. The molecule has 0 spiro atoms. The van der Waals surface area contributed by atoms with Gasteiger partial charge in [-0.15, -0.1) is 0 Å². The van der Waals surface area contributed by atoms with Crippen molar-refractivity contribution in [1.29, 1.82) is 0 Å². The number of carbonyl (C=O) groups is 1. The van der Waals surface area contributed by atoms with E-state index in [1.165, 1.54) is 12.1 Å². The molecule has 0 bridgehead atoms. The van der Waals surface area contributed by atoms with Gasteiger partial charge in [-0.05, 0) is 30.9 Å². The Morgan fingerprint density at radius 2 is 1.94 bits per heavy atom. The van der Waals surface area contributed by atoms with E-state index >= 15 is 0 Å².